The van der Waals surface area contributed by atoms with Crippen LogP contribution in [0, 0.1) is 11.3 Å². The topological polar surface area (TPSA) is 63.7 Å². The van der Waals surface area contributed by atoms with Gasteiger partial charge in [-0.25, -0.2) is 0 Å². The van der Waals surface area contributed by atoms with Crippen molar-refractivity contribution in [2.75, 3.05) is 26.0 Å². The molecule has 1 saturated heterocycles. The van der Waals surface area contributed by atoms with Crippen LogP contribution in [0.1, 0.15) is 33.6 Å². The van der Waals surface area contributed by atoms with E-state index in [4.69, 9.17) is 4.18 Å². The number of amides is 1. The van der Waals surface area contributed by atoms with Gasteiger partial charge < -0.3 is 4.90 Å². The van der Waals surface area contributed by atoms with Gasteiger partial charge in [0.1, 0.15) is 0 Å². The van der Waals surface area contributed by atoms with Gasteiger partial charge in [-0.3, -0.25) is 8.98 Å². The van der Waals surface area contributed by atoms with Crippen molar-refractivity contribution >= 4 is 16.0 Å². The highest BCUT2D eigenvalue weighted by atomic mass is 32.2. The van der Waals surface area contributed by atoms with E-state index in [-0.39, 0.29) is 23.8 Å². The van der Waals surface area contributed by atoms with Gasteiger partial charge in [0.25, 0.3) is 10.1 Å². The molecule has 1 heterocycles. The number of rotatable bonds is 3. The van der Waals surface area contributed by atoms with Crippen molar-refractivity contribution in [2.24, 2.45) is 11.3 Å². The number of carbonyl (C=O) groups is 1. The monoisotopic (exact) mass is 277 g/mol. The molecule has 5 nitrogen and oxygen atoms in total. The summed E-state index contributed by atoms with van der Waals surface area (Å²) in [5.41, 5.74) is -0.351. The Hall–Kier alpha value is -0.620. The lowest BCUT2D eigenvalue weighted by atomic mass is 9.91. The minimum absolute atomic E-state index is 0.157. The summed E-state index contributed by atoms with van der Waals surface area (Å²) in [5.74, 6) is 0.383. The highest BCUT2D eigenvalue weighted by Gasteiger charge is 2.30. The third kappa shape index (κ3) is 4.94. The lowest BCUT2D eigenvalue weighted by molar-refractivity contribution is -0.141. The summed E-state index contributed by atoms with van der Waals surface area (Å²) >= 11 is 0. The quantitative estimate of drug-likeness (QED) is 0.728. The summed E-state index contributed by atoms with van der Waals surface area (Å²) in [6, 6.07) is 0. The van der Waals surface area contributed by atoms with Crippen molar-refractivity contribution in [2.45, 2.75) is 33.6 Å². The second-order valence-corrected chi connectivity index (χ2v) is 7.62. The van der Waals surface area contributed by atoms with E-state index < -0.39 is 10.1 Å². The van der Waals surface area contributed by atoms with Crippen molar-refractivity contribution in [1.82, 2.24) is 4.90 Å². The van der Waals surface area contributed by atoms with Gasteiger partial charge in [-0.15, -0.1) is 0 Å². The van der Waals surface area contributed by atoms with Crippen molar-refractivity contribution in [3.05, 3.63) is 0 Å². The van der Waals surface area contributed by atoms with Crippen LogP contribution >= 0.6 is 0 Å². The lowest BCUT2D eigenvalue weighted by Gasteiger charge is -2.35. The first kappa shape index (κ1) is 15.4. The second-order valence-electron chi connectivity index (χ2n) is 5.97. The molecular formula is C12H23NO4S. The standard InChI is InChI=1S/C12H23NO4S/c1-12(2,3)11(14)13-7-5-10(6-8-13)9-17-18(4,15)16/h10H,5-9H2,1-4H3. The Morgan fingerprint density at radius 2 is 1.78 bits per heavy atom. The van der Waals surface area contributed by atoms with Gasteiger partial charge in [0.05, 0.1) is 12.9 Å². The van der Waals surface area contributed by atoms with Crippen molar-refractivity contribution in [3.63, 3.8) is 0 Å². The lowest BCUT2D eigenvalue weighted by Crippen LogP contribution is -2.44. The normalized spacial score (nSPS) is 19.0. The Labute approximate surface area is 110 Å². The molecule has 106 valence electrons. The predicted octanol–water partition coefficient (Wildman–Crippen LogP) is 1.25. The second kappa shape index (κ2) is 5.57. The van der Waals surface area contributed by atoms with Gasteiger partial charge in [-0.1, -0.05) is 20.8 Å². The highest BCUT2D eigenvalue weighted by molar-refractivity contribution is 7.85. The minimum atomic E-state index is -3.36. The Kier molecular flexibility index (Phi) is 4.78. The number of hydrogen-bond acceptors (Lipinski definition) is 4. The number of piperidine rings is 1. The zero-order valence-corrected chi connectivity index (χ0v) is 12.4. The maximum Gasteiger partial charge on any atom is 0.264 e. The molecule has 0 aromatic rings. The SMILES string of the molecule is CC(C)(C)C(=O)N1CCC(COS(C)(=O)=O)CC1. The van der Waals surface area contributed by atoms with Crippen LogP contribution in [0.2, 0.25) is 0 Å². The van der Waals surface area contributed by atoms with E-state index >= 15 is 0 Å². The summed E-state index contributed by atoms with van der Waals surface area (Å²) in [7, 11) is -3.36. The molecule has 1 amide bonds. The van der Waals surface area contributed by atoms with Crippen LogP contribution in [0.15, 0.2) is 0 Å². The molecule has 0 spiro atoms. The summed E-state index contributed by atoms with van der Waals surface area (Å²) in [6.45, 7) is 7.34. The molecule has 0 saturated carbocycles. The Bertz CT molecular complexity index is 389. The third-order valence-electron chi connectivity index (χ3n) is 3.06. The molecule has 0 aromatic heterocycles. The molecule has 0 bridgehead atoms. The Morgan fingerprint density at radius 3 is 2.17 bits per heavy atom. The van der Waals surface area contributed by atoms with Crippen LogP contribution in [-0.2, 0) is 19.1 Å². The summed E-state index contributed by atoms with van der Waals surface area (Å²) in [6.07, 6.45) is 2.67. The zero-order valence-electron chi connectivity index (χ0n) is 11.6. The molecule has 0 atom stereocenters. The largest absolute Gasteiger partial charge is 0.342 e. The zero-order chi connectivity index (χ0) is 14.0. The maximum absolute atomic E-state index is 12.0. The fourth-order valence-electron chi connectivity index (χ4n) is 2.00. The summed E-state index contributed by atoms with van der Waals surface area (Å²) in [5, 5.41) is 0. The van der Waals surface area contributed by atoms with E-state index in [1.54, 1.807) is 0 Å². The molecule has 0 N–H and O–H groups in total. The number of nitrogens with zero attached hydrogens (tertiary/aromatic N) is 1. The number of likely N-dealkylation sites (tertiary alicyclic amines) is 1. The first-order valence-electron chi connectivity index (χ1n) is 6.23. The average molecular weight is 277 g/mol. The van der Waals surface area contributed by atoms with E-state index in [1.165, 1.54) is 0 Å². The van der Waals surface area contributed by atoms with Crippen molar-refractivity contribution in [1.29, 1.82) is 0 Å². The van der Waals surface area contributed by atoms with Crippen molar-refractivity contribution in [3.8, 4) is 0 Å². The molecule has 18 heavy (non-hydrogen) atoms. The van der Waals surface area contributed by atoms with Gasteiger partial charge in [-0.05, 0) is 18.8 Å². The van der Waals surface area contributed by atoms with Crippen LogP contribution in [-0.4, -0.2) is 45.2 Å². The van der Waals surface area contributed by atoms with E-state index in [1.807, 2.05) is 25.7 Å². The maximum atomic E-state index is 12.0. The smallest absolute Gasteiger partial charge is 0.264 e. The highest BCUT2D eigenvalue weighted by Crippen LogP contribution is 2.23. The molecule has 0 radical (unpaired) electrons. The predicted molar refractivity (Wildman–Crippen MR) is 69.6 cm³/mol. The molecule has 1 aliphatic heterocycles. The fraction of sp³-hybridized carbons (Fsp3) is 0.917. The number of carbonyl (C=O) groups excluding carboxylic acids is 1. The molecule has 6 heteroatoms. The first-order chi connectivity index (χ1) is 8.09. The van der Waals surface area contributed by atoms with Gasteiger partial charge in [0, 0.05) is 18.5 Å². The van der Waals surface area contributed by atoms with Gasteiger partial charge >= 0.3 is 0 Å². The van der Waals surface area contributed by atoms with Crippen molar-refractivity contribution < 1.29 is 17.4 Å². The van der Waals surface area contributed by atoms with Gasteiger partial charge in [0.2, 0.25) is 5.91 Å². The first-order valence-corrected chi connectivity index (χ1v) is 8.05. The summed E-state index contributed by atoms with van der Waals surface area (Å²) in [4.78, 5) is 13.9. The molecule has 1 rings (SSSR count). The third-order valence-corrected chi connectivity index (χ3v) is 3.63. The molecule has 0 aromatic carbocycles. The van der Waals surface area contributed by atoms with E-state index in [2.05, 4.69) is 0 Å². The van der Waals surface area contributed by atoms with Crippen LogP contribution in [0.25, 0.3) is 0 Å². The summed E-state index contributed by atoms with van der Waals surface area (Å²) < 4.78 is 26.6. The minimum Gasteiger partial charge on any atom is -0.342 e. The number of hydrogen-bond donors (Lipinski definition) is 0. The molecule has 0 aliphatic carbocycles. The van der Waals surface area contributed by atoms with Gasteiger partial charge in [0.15, 0.2) is 0 Å². The average Bonchev–Trinajstić information content (AvgIpc) is 2.24. The van der Waals surface area contributed by atoms with E-state index in [0.29, 0.717) is 13.1 Å². The molecule has 1 fully saturated rings. The fourth-order valence-corrected chi connectivity index (χ4v) is 2.44. The molecule has 0 unspecified atom stereocenters. The Balaban J connectivity index is 2.40. The van der Waals surface area contributed by atoms with Gasteiger partial charge in [-0.2, -0.15) is 8.42 Å². The van der Waals surface area contributed by atoms with Crippen LogP contribution < -0.4 is 0 Å². The molecular weight excluding hydrogens is 254 g/mol. The Morgan fingerprint density at radius 1 is 1.28 bits per heavy atom. The van der Waals surface area contributed by atoms with E-state index in [9.17, 15) is 13.2 Å². The van der Waals surface area contributed by atoms with E-state index in [0.717, 1.165) is 19.1 Å². The van der Waals surface area contributed by atoms with Crippen LogP contribution in [0.4, 0.5) is 0 Å². The molecule has 1 aliphatic rings. The van der Waals surface area contributed by atoms with Crippen LogP contribution in [0.3, 0.4) is 0 Å². The van der Waals surface area contributed by atoms with Crippen LogP contribution in [0.5, 0.6) is 0 Å².